The number of imidazole rings is 1. The molecule has 0 fully saturated rings. The molecule has 1 unspecified atom stereocenters. The zero-order valence-electron chi connectivity index (χ0n) is 15.0. The van der Waals surface area contributed by atoms with E-state index in [2.05, 4.69) is 10.3 Å². The lowest BCUT2D eigenvalue weighted by Gasteiger charge is -2.21. The second-order valence-corrected chi connectivity index (χ2v) is 7.32. The van der Waals surface area contributed by atoms with Gasteiger partial charge in [-0.1, -0.05) is 0 Å². The monoisotopic (exact) mass is 339 g/mol. The molecule has 1 heterocycles. The third-order valence-corrected chi connectivity index (χ3v) is 2.51. The zero-order valence-corrected chi connectivity index (χ0v) is 15.0. The molecule has 24 heavy (non-hydrogen) atoms. The number of hydrogen-bond acceptors (Lipinski definition) is 6. The number of esters is 1. The molecule has 1 N–H and O–H groups in total. The van der Waals surface area contributed by atoms with E-state index in [1.807, 2.05) is 0 Å². The number of aldehydes is 1. The highest BCUT2D eigenvalue weighted by Gasteiger charge is 2.22. The van der Waals surface area contributed by atoms with Gasteiger partial charge in [0.1, 0.15) is 30.1 Å². The Morgan fingerprint density at radius 3 is 2.29 bits per heavy atom. The van der Waals surface area contributed by atoms with Crippen molar-refractivity contribution in [2.45, 2.75) is 65.3 Å². The minimum absolute atomic E-state index is 0.0394. The number of alkyl carbamates (subject to hydrolysis) is 1. The highest BCUT2D eigenvalue weighted by molar-refractivity contribution is 5.74. The van der Waals surface area contributed by atoms with E-state index in [-0.39, 0.29) is 6.54 Å². The Morgan fingerprint density at radius 2 is 1.79 bits per heavy atom. The van der Waals surface area contributed by atoms with Crippen molar-refractivity contribution in [1.29, 1.82) is 0 Å². The number of carbonyl (C=O) groups excluding carboxylic acids is 3. The number of carbonyl (C=O) groups is 3. The molecule has 8 nitrogen and oxygen atoms in total. The molecule has 0 bridgehead atoms. The number of rotatable bonds is 5. The minimum Gasteiger partial charge on any atom is -0.459 e. The predicted molar refractivity (Wildman–Crippen MR) is 86.2 cm³/mol. The molecular weight excluding hydrogens is 314 g/mol. The van der Waals surface area contributed by atoms with Crippen LogP contribution < -0.4 is 5.32 Å². The first-order valence-electron chi connectivity index (χ1n) is 7.58. The van der Waals surface area contributed by atoms with Gasteiger partial charge in [-0.3, -0.25) is 4.79 Å². The average Bonchev–Trinajstić information content (AvgIpc) is 2.79. The molecule has 1 aromatic heterocycles. The first-order valence-corrected chi connectivity index (χ1v) is 7.58. The lowest BCUT2D eigenvalue weighted by Crippen LogP contribution is -2.35. The number of amides is 1. The molecule has 134 valence electrons. The molecule has 1 amide bonds. The molecule has 0 saturated heterocycles. The summed E-state index contributed by atoms with van der Waals surface area (Å²) < 4.78 is 11.8. The fourth-order valence-corrected chi connectivity index (χ4v) is 1.76. The summed E-state index contributed by atoms with van der Waals surface area (Å²) in [7, 11) is 0. The summed E-state index contributed by atoms with van der Waals surface area (Å²) in [5.41, 5.74) is -0.947. The number of ether oxygens (including phenoxy) is 2. The first-order chi connectivity index (χ1) is 10.9. The van der Waals surface area contributed by atoms with Gasteiger partial charge in [-0.2, -0.15) is 0 Å². The second-order valence-electron chi connectivity index (χ2n) is 7.32. The van der Waals surface area contributed by atoms with Crippen LogP contribution in [0.15, 0.2) is 12.5 Å². The molecule has 1 atom stereocenters. The van der Waals surface area contributed by atoms with Crippen molar-refractivity contribution in [3.05, 3.63) is 18.2 Å². The second kappa shape index (κ2) is 7.46. The smallest absolute Gasteiger partial charge is 0.408 e. The number of aromatic nitrogens is 2. The van der Waals surface area contributed by atoms with Gasteiger partial charge in [-0.05, 0) is 41.5 Å². The Kier molecular flexibility index (Phi) is 6.11. The van der Waals surface area contributed by atoms with Crippen molar-refractivity contribution in [2.75, 3.05) is 0 Å². The summed E-state index contributed by atoms with van der Waals surface area (Å²) >= 11 is 0. The molecule has 0 saturated carbocycles. The maximum atomic E-state index is 11.8. The summed E-state index contributed by atoms with van der Waals surface area (Å²) in [5, 5.41) is 2.42. The summed E-state index contributed by atoms with van der Waals surface area (Å²) in [5.74, 6) is -0.422. The minimum atomic E-state index is -0.959. The zero-order chi connectivity index (χ0) is 18.5. The standard InChI is InChI=1S/C16H25N3O5/c1-15(2,3)23-13(21)8-19-7-11(17-10-19)12(9-20)18-14(22)24-16(4,5)6/h7,9-10,12H,8H2,1-6H3,(H,18,22). The Morgan fingerprint density at radius 1 is 1.21 bits per heavy atom. The van der Waals surface area contributed by atoms with Crippen molar-refractivity contribution in [1.82, 2.24) is 14.9 Å². The maximum absolute atomic E-state index is 11.8. The van der Waals surface area contributed by atoms with Gasteiger partial charge in [-0.15, -0.1) is 0 Å². The Labute approximate surface area is 141 Å². The van der Waals surface area contributed by atoms with E-state index in [1.165, 1.54) is 17.1 Å². The van der Waals surface area contributed by atoms with Gasteiger partial charge in [0.05, 0.1) is 12.0 Å². The van der Waals surface area contributed by atoms with Gasteiger partial charge in [0, 0.05) is 6.20 Å². The lowest BCUT2D eigenvalue weighted by atomic mass is 10.2. The van der Waals surface area contributed by atoms with Crippen molar-refractivity contribution in [3.8, 4) is 0 Å². The molecule has 1 aromatic rings. The highest BCUT2D eigenvalue weighted by Crippen LogP contribution is 2.12. The summed E-state index contributed by atoms with van der Waals surface area (Å²) in [4.78, 5) is 38.8. The van der Waals surface area contributed by atoms with Gasteiger partial charge in [0.15, 0.2) is 0 Å². The van der Waals surface area contributed by atoms with Gasteiger partial charge >= 0.3 is 12.1 Å². The van der Waals surface area contributed by atoms with Crippen LogP contribution in [-0.4, -0.2) is 39.1 Å². The quantitative estimate of drug-likeness (QED) is 0.650. The van der Waals surface area contributed by atoms with E-state index >= 15 is 0 Å². The topological polar surface area (TPSA) is 99.5 Å². The molecule has 0 aliphatic carbocycles. The fraction of sp³-hybridized carbons (Fsp3) is 0.625. The van der Waals surface area contributed by atoms with Crippen molar-refractivity contribution in [2.24, 2.45) is 0 Å². The largest absolute Gasteiger partial charge is 0.459 e. The Bertz CT molecular complexity index is 596. The molecule has 0 aromatic carbocycles. The number of hydrogen-bond donors (Lipinski definition) is 1. The summed E-state index contributed by atoms with van der Waals surface area (Å²) in [6.45, 7) is 10.4. The highest BCUT2D eigenvalue weighted by atomic mass is 16.6. The van der Waals surface area contributed by atoms with Gasteiger partial charge in [-0.25, -0.2) is 9.78 Å². The third kappa shape index (κ3) is 7.26. The van der Waals surface area contributed by atoms with Crippen LogP contribution in [0.5, 0.6) is 0 Å². The predicted octanol–water partition coefficient (Wildman–Crippen LogP) is 1.99. The molecular formula is C16H25N3O5. The molecule has 0 radical (unpaired) electrons. The Hall–Kier alpha value is -2.38. The molecule has 1 rings (SSSR count). The van der Waals surface area contributed by atoms with E-state index in [1.54, 1.807) is 41.5 Å². The number of nitrogens with one attached hydrogen (secondary N) is 1. The van der Waals surface area contributed by atoms with Gasteiger partial charge in [0.2, 0.25) is 0 Å². The van der Waals surface area contributed by atoms with Crippen molar-refractivity contribution < 1.29 is 23.9 Å². The molecule has 0 aliphatic rings. The molecule has 0 aliphatic heterocycles. The summed E-state index contributed by atoms with van der Waals surface area (Å²) in [6, 6.07) is -0.959. The SMILES string of the molecule is CC(C)(C)OC(=O)Cn1cnc(C(C=O)NC(=O)OC(C)(C)C)c1. The van der Waals surface area contributed by atoms with E-state index in [0.717, 1.165) is 0 Å². The molecule has 8 heteroatoms. The normalized spacial score (nSPS) is 13.1. The first kappa shape index (κ1) is 19.7. The average molecular weight is 339 g/mol. The van der Waals surface area contributed by atoms with E-state index in [9.17, 15) is 14.4 Å². The van der Waals surface area contributed by atoms with Crippen LogP contribution in [0.2, 0.25) is 0 Å². The lowest BCUT2D eigenvalue weighted by molar-refractivity contribution is -0.155. The summed E-state index contributed by atoms with van der Waals surface area (Å²) in [6.07, 6.45) is 2.72. The Balaban J connectivity index is 2.70. The van der Waals surface area contributed by atoms with Crippen LogP contribution in [0.3, 0.4) is 0 Å². The van der Waals surface area contributed by atoms with Crippen molar-refractivity contribution in [3.63, 3.8) is 0 Å². The third-order valence-electron chi connectivity index (χ3n) is 2.51. The van der Waals surface area contributed by atoms with Crippen LogP contribution in [0.1, 0.15) is 53.3 Å². The van der Waals surface area contributed by atoms with E-state index < -0.39 is 29.3 Å². The van der Waals surface area contributed by atoms with Gasteiger partial charge < -0.3 is 24.2 Å². The van der Waals surface area contributed by atoms with E-state index in [0.29, 0.717) is 12.0 Å². The van der Waals surface area contributed by atoms with Crippen LogP contribution in [-0.2, 0) is 25.6 Å². The van der Waals surface area contributed by atoms with E-state index in [4.69, 9.17) is 9.47 Å². The van der Waals surface area contributed by atoms with Gasteiger partial charge in [0.25, 0.3) is 0 Å². The fourth-order valence-electron chi connectivity index (χ4n) is 1.76. The number of nitrogens with zero attached hydrogens (tertiary/aromatic N) is 2. The van der Waals surface area contributed by atoms with Crippen LogP contribution in [0.25, 0.3) is 0 Å². The van der Waals surface area contributed by atoms with Crippen LogP contribution in [0, 0.1) is 0 Å². The van der Waals surface area contributed by atoms with Crippen LogP contribution >= 0.6 is 0 Å². The maximum Gasteiger partial charge on any atom is 0.408 e. The van der Waals surface area contributed by atoms with Crippen molar-refractivity contribution >= 4 is 18.3 Å². The van der Waals surface area contributed by atoms with Crippen LogP contribution in [0.4, 0.5) is 4.79 Å². The molecule has 0 spiro atoms.